The van der Waals surface area contributed by atoms with Crippen LogP contribution in [0.25, 0.3) is 0 Å². The molecule has 0 unspecified atom stereocenters. The Labute approximate surface area is 228 Å². The number of para-hydroxylation sites is 2. The number of thioether (sulfide) groups is 1. The van der Waals surface area contributed by atoms with Crippen LogP contribution in [-0.2, 0) is 10.5 Å². The topological polar surface area (TPSA) is 111 Å². The van der Waals surface area contributed by atoms with Crippen molar-refractivity contribution >= 4 is 29.3 Å². The van der Waals surface area contributed by atoms with Gasteiger partial charge in [0.05, 0.1) is 25.5 Å². The minimum Gasteiger partial charge on any atom is -0.504 e. The molecule has 0 radical (unpaired) electrons. The Hall–Kier alpha value is -4.51. The molecule has 1 aliphatic rings. The van der Waals surface area contributed by atoms with Crippen LogP contribution in [0.3, 0.4) is 0 Å². The minimum atomic E-state index is -0.708. The SMILES string of the molecule is COc1cc([C@@H]2C(C(=O)Nc3ccccc3OC)=C(C)Nc3nc(SCc4ccccc4F)nn32)ccc1O. The molecule has 0 spiro atoms. The summed E-state index contributed by atoms with van der Waals surface area (Å²) in [4.78, 5) is 18.4. The van der Waals surface area contributed by atoms with Crippen molar-refractivity contribution < 1.29 is 23.8 Å². The monoisotopic (exact) mass is 547 g/mol. The zero-order valence-electron chi connectivity index (χ0n) is 21.4. The molecule has 0 saturated carbocycles. The predicted molar refractivity (Wildman–Crippen MR) is 147 cm³/mol. The zero-order chi connectivity index (χ0) is 27.5. The van der Waals surface area contributed by atoms with Gasteiger partial charge in [0.2, 0.25) is 11.1 Å². The third-order valence-corrected chi connectivity index (χ3v) is 7.15. The lowest BCUT2D eigenvalue weighted by Gasteiger charge is -2.29. The number of hydrogen-bond donors (Lipinski definition) is 3. The minimum absolute atomic E-state index is 0.0316. The number of nitrogens with one attached hydrogen (secondary N) is 2. The van der Waals surface area contributed by atoms with E-state index in [1.165, 1.54) is 38.1 Å². The fraction of sp³-hybridized carbons (Fsp3) is 0.179. The quantitative estimate of drug-likeness (QED) is 0.253. The lowest BCUT2D eigenvalue weighted by molar-refractivity contribution is -0.113. The van der Waals surface area contributed by atoms with E-state index in [4.69, 9.17) is 9.47 Å². The van der Waals surface area contributed by atoms with Gasteiger partial charge in [-0.25, -0.2) is 9.07 Å². The second-order valence-electron chi connectivity index (χ2n) is 8.69. The normalized spacial score (nSPS) is 14.4. The van der Waals surface area contributed by atoms with E-state index < -0.39 is 6.04 Å². The second kappa shape index (κ2) is 11.1. The molecule has 1 amide bonds. The fourth-order valence-corrected chi connectivity index (χ4v) is 5.17. The molecule has 3 aromatic carbocycles. The number of carbonyl (C=O) groups excluding carboxylic acids is 1. The van der Waals surface area contributed by atoms with Gasteiger partial charge in [-0.3, -0.25) is 4.79 Å². The van der Waals surface area contributed by atoms with Gasteiger partial charge in [-0.2, -0.15) is 4.98 Å². The molecule has 1 aliphatic heterocycles. The van der Waals surface area contributed by atoms with E-state index in [-0.39, 0.29) is 23.2 Å². The number of fused-ring (bicyclic) bond motifs is 1. The molecule has 1 aromatic heterocycles. The van der Waals surface area contributed by atoms with Crippen LogP contribution in [0.5, 0.6) is 17.2 Å². The number of phenols is 1. The molecular weight excluding hydrogens is 521 g/mol. The van der Waals surface area contributed by atoms with E-state index >= 15 is 0 Å². The maximum Gasteiger partial charge on any atom is 0.255 e. The summed E-state index contributed by atoms with van der Waals surface area (Å²) in [7, 11) is 2.99. The Morgan fingerprint density at radius 3 is 2.62 bits per heavy atom. The van der Waals surface area contributed by atoms with Crippen molar-refractivity contribution in [3.8, 4) is 17.2 Å². The molecule has 0 fully saturated rings. The summed E-state index contributed by atoms with van der Waals surface area (Å²) in [5, 5.41) is 21.4. The van der Waals surface area contributed by atoms with Crippen molar-refractivity contribution in [2.45, 2.75) is 23.9 Å². The Bertz CT molecular complexity index is 1570. The van der Waals surface area contributed by atoms with Crippen LogP contribution in [0.15, 0.2) is 83.2 Å². The van der Waals surface area contributed by atoms with Gasteiger partial charge >= 0.3 is 0 Å². The van der Waals surface area contributed by atoms with E-state index in [2.05, 4.69) is 20.7 Å². The molecule has 5 rings (SSSR count). The number of amides is 1. The van der Waals surface area contributed by atoms with Crippen LogP contribution in [0.4, 0.5) is 16.0 Å². The molecule has 200 valence electrons. The summed E-state index contributed by atoms with van der Waals surface area (Å²) in [5.41, 5.74) is 2.65. The van der Waals surface area contributed by atoms with Gasteiger partial charge < -0.3 is 25.2 Å². The Kier molecular flexibility index (Phi) is 7.42. The number of hydrogen-bond acceptors (Lipinski definition) is 8. The summed E-state index contributed by atoms with van der Waals surface area (Å²) in [6, 6.07) is 17.8. The Morgan fingerprint density at radius 1 is 1.10 bits per heavy atom. The van der Waals surface area contributed by atoms with Crippen LogP contribution in [0.1, 0.15) is 24.1 Å². The number of aromatic nitrogens is 3. The number of aromatic hydroxyl groups is 1. The first-order chi connectivity index (χ1) is 18.9. The maximum absolute atomic E-state index is 14.2. The first kappa shape index (κ1) is 26.1. The van der Waals surface area contributed by atoms with Crippen molar-refractivity contribution in [2.24, 2.45) is 0 Å². The number of benzene rings is 3. The van der Waals surface area contributed by atoms with Crippen LogP contribution >= 0.6 is 11.8 Å². The predicted octanol–water partition coefficient (Wildman–Crippen LogP) is 5.36. The highest BCUT2D eigenvalue weighted by atomic mass is 32.2. The number of ether oxygens (including phenoxy) is 2. The number of phenolic OH excluding ortho intramolecular Hbond substituents is 1. The van der Waals surface area contributed by atoms with Crippen LogP contribution in [0.2, 0.25) is 0 Å². The van der Waals surface area contributed by atoms with Gasteiger partial charge in [0, 0.05) is 11.4 Å². The third kappa shape index (κ3) is 5.26. The second-order valence-corrected chi connectivity index (χ2v) is 9.64. The molecule has 0 bridgehead atoms. The Morgan fingerprint density at radius 2 is 1.85 bits per heavy atom. The average molecular weight is 548 g/mol. The van der Waals surface area contributed by atoms with Crippen LogP contribution in [0, 0.1) is 5.82 Å². The molecule has 3 N–H and O–H groups in total. The summed E-state index contributed by atoms with van der Waals surface area (Å²) in [5.74, 6) is 0.831. The highest BCUT2D eigenvalue weighted by Gasteiger charge is 2.35. The van der Waals surface area contributed by atoms with Gasteiger partial charge in [0.25, 0.3) is 5.91 Å². The number of anilines is 2. The number of carbonyl (C=O) groups is 1. The molecule has 2 heterocycles. The third-order valence-electron chi connectivity index (χ3n) is 6.27. The van der Waals surface area contributed by atoms with Crippen molar-refractivity contribution in [2.75, 3.05) is 24.9 Å². The Balaban J connectivity index is 1.54. The summed E-state index contributed by atoms with van der Waals surface area (Å²) in [6.45, 7) is 1.78. The standard InChI is InChI=1S/C28H26FN5O4S/c1-16-24(26(36)31-20-10-6-7-11-22(20)37-2)25(17-12-13-21(35)23(14-17)38-3)34-27(30-16)32-28(33-34)39-15-18-8-4-5-9-19(18)29/h4-14,25,35H,15H2,1-3H3,(H,31,36)(H,30,32,33)/t25-/m1/s1. The van der Waals surface area contributed by atoms with E-state index in [1.54, 1.807) is 60.1 Å². The summed E-state index contributed by atoms with van der Waals surface area (Å²) in [6.07, 6.45) is 0. The highest BCUT2D eigenvalue weighted by Crippen LogP contribution is 2.40. The molecule has 11 heteroatoms. The highest BCUT2D eigenvalue weighted by molar-refractivity contribution is 7.98. The molecule has 39 heavy (non-hydrogen) atoms. The smallest absolute Gasteiger partial charge is 0.255 e. The molecule has 0 saturated heterocycles. The molecule has 9 nitrogen and oxygen atoms in total. The molecular formula is C28H26FN5O4S. The lowest BCUT2D eigenvalue weighted by atomic mass is 9.94. The number of allylic oxidation sites excluding steroid dienone is 1. The lowest BCUT2D eigenvalue weighted by Crippen LogP contribution is -2.31. The van der Waals surface area contributed by atoms with E-state index in [0.29, 0.717) is 50.7 Å². The van der Waals surface area contributed by atoms with E-state index in [1.807, 2.05) is 6.07 Å². The van der Waals surface area contributed by atoms with Crippen molar-refractivity contribution in [1.29, 1.82) is 0 Å². The number of methoxy groups -OCH3 is 2. The average Bonchev–Trinajstić information content (AvgIpc) is 3.34. The van der Waals surface area contributed by atoms with Crippen LogP contribution < -0.4 is 20.1 Å². The number of rotatable bonds is 8. The first-order valence-electron chi connectivity index (χ1n) is 12.0. The maximum atomic E-state index is 14.2. The molecule has 1 atom stereocenters. The summed E-state index contributed by atoms with van der Waals surface area (Å²) < 4.78 is 26.5. The van der Waals surface area contributed by atoms with Gasteiger partial charge in [0.15, 0.2) is 11.5 Å². The number of nitrogens with zero attached hydrogens (tertiary/aromatic N) is 3. The van der Waals surface area contributed by atoms with Gasteiger partial charge in [0.1, 0.15) is 17.6 Å². The van der Waals surface area contributed by atoms with Crippen molar-refractivity contribution in [3.63, 3.8) is 0 Å². The van der Waals surface area contributed by atoms with E-state index in [9.17, 15) is 14.3 Å². The van der Waals surface area contributed by atoms with Crippen LogP contribution in [-0.4, -0.2) is 40.0 Å². The molecule has 4 aromatic rings. The van der Waals surface area contributed by atoms with E-state index in [0.717, 1.165) is 0 Å². The largest absolute Gasteiger partial charge is 0.504 e. The fourth-order valence-electron chi connectivity index (χ4n) is 4.35. The summed E-state index contributed by atoms with van der Waals surface area (Å²) >= 11 is 1.28. The first-order valence-corrected chi connectivity index (χ1v) is 13.0. The van der Waals surface area contributed by atoms with Crippen molar-refractivity contribution in [1.82, 2.24) is 14.8 Å². The van der Waals surface area contributed by atoms with Gasteiger partial charge in [-0.05, 0) is 48.4 Å². The number of halogens is 1. The zero-order valence-corrected chi connectivity index (χ0v) is 22.3. The van der Waals surface area contributed by atoms with Gasteiger partial charge in [-0.15, -0.1) is 5.10 Å². The van der Waals surface area contributed by atoms with Crippen molar-refractivity contribution in [3.05, 3.63) is 94.9 Å². The van der Waals surface area contributed by atoms with Gasteiger partial charge in [-0.1, -0.05) is 48.2 Å². The molecule has 0 aliphatic carbocycles.